The Morgan fingerprint density at radius 1 is 1.20 bits per heavy atom. The SMILES string of the molecule is OC1(F)CC=C(F)c2c(F)cc(F)cc21. The quantitative estimate of drug-likeness (QED) is 0.664. The first-order chi connectivity index (χ1) is 6.92. The minimum atomic E-state index is -2.92. The lowest BCUT2D eigenvalue weighted by molar-refractivity contribution is -0.0942. The van der Waals surface area contributed by atoms with Crippen molar-refractivity contribution in [1.82, 2.24) is 0 Å². The van der Waals surface area contributed by atoms with Crippen molar-refractivity contribution in [1.29, 1.82) is 0 Å². The molecule has 0 aliphatic heterocycles. The highest BCUT2D eigenvalue weighted by Gasteiger charge is 2.37. The smallest absolute Gasteiger partial charge is 0.237 e. The van der Waals surface area contributed by atoms with E-state index in [1.54, 1.807) is 0 Å². The molecule has 5 heteroatoms. The van der Waals surface area contributed by atoms with Crippen LogP contribution in [0.4, 0.5) is 17.6 Å². The molecular formula is C10H6F4O. The Morgan fingerprint density at radius 3 is 2.53 bits per heavy atom. The Kier molecular flexibility index (Phi) is 2.08. The number of rotatable bonds is 0. The maximum atomic E-state index is 13.4. The molecule has 1 aliphatic carbocycles. The molecule has 0 heterocycles. The van der Waals surface area contributed by atoms with Crippen LogP contribution in [0.2, 0.25) is 0 Å². The van der Waals surface area contributed by atoms with Gasteiger partial charge in [0.15, 0.2) is 0 Å². The van der Waals surface area contributed by atoms with Gasteiger partial charge in [-0.3, -0.25) is 0 Å². The predicted octanol–water partition coefficient (Wildman–Crippen LogP) is 2.79. The summed E-state index contributed by atoms with van der Waals surface area (Å²) in [5.74, 6) is -6.20. The molecule has 0 amide bonds. The molecule has 0 bridgehead atoms. The number of alkyl halides is 1. The maximum absolute atomic E-state index is 13.4. The summed E-state index contributed by atoms with van der Waals surface area (Å²) in [6.07, 6.45) is 0.0675. The highest BCUT2D eigenvalue weighted by Crippen LogP contribution is 2.40. The summed E-state index contributed by atoms with van der Waals surface area (Å²) >= 11 is 0. The molecule has 15 heavy (non-hydrogen) atoms. The third kappa shape index (κ3) is 1.52. The van der Waals surface area contributed by atoms with E-state index in [4.69, 9.17) is 0 Å². The minimum Gasteiger partial charge on any atom is -0.358 e. The molecule has 0 fully saturated rings. The fraction of sp³-hybridized carbons (Fsp3) is 0.200. The molecule has 80 valence electrons. The normalized spacial score (nSPS) is 24.7. The summed E-state index contributed by atoms with van der Waals surface area (Å²) in [6, 6.07) is 1.03. The molecule has 1 aromatic rings. The molecule has 0 saturated carbocycles. The second-order valence-electron chi connectivity index (χ2n) is 3.33. The van der Waals surface area contributed by atoms with E-state index in [0.29, 0.717) is 12.1 Å². The zero-order chi connectivity index (χ0) is 11.2. The first-order valence-electron chi connectivity index (χ1n) is 4.18. The van der Waals surface area contributed by atoms with E-state index in [1.165, 1.54) is 0 Å². The summed E-state index contributed by atoms with van der Waals surface area (Å²) in [7, 11) is 0. The van der Waals surface area contributed by atoms with E-state index < -0.39 is 40.9 Å². The van der Waals surface area contributed by atoms with Gasteiger partial charge in [0.05, 0.1) is 5.56 Å². The number of aliphatic hydroxyl groups is 1. The zero-order valence-electron chi connectivity index (χ0n) is 7.40. The van der Waals surface area contributed by atoms with Gasteiger partial charge in [0, 0.05) is 18.1 Å². The maximum Gasteiger partial charge on any atom is 0.237 e. The lowest BCUT2D eigenvalue weighted by atomic mass is 9.91. The van der Waals surface area contributed by atoms with Crippen LogP contribution in [-0.2, 0) is 5.85 Å². The van der Waals surface area contributed by atoms with E-state index >= 15 is 0 Å². The predicted molar refractivity (Wildman–Crippen MR) is 45.1 cm³/mol. The van der Waals surface area contributed by atoms with Crippen molar-refractivity contribution in [3.63, 3.8) is 0 Å². The average Bonchev–Trinajstić information content (AvgIpc) is 2.11. The van der Waals surface area contributed by atoms with Crippen molar-refractivity contribution in [2.45, 2.75) is 12.3 Å². The Bertz CT molecular complexity index is 451. The molecule has 1 aromatic carbocycles. The Labute approximate surface area is 82.7 Å². The van der Waals surface area contributed by atoms with Crippen molar-refractivity contribution in [2.75, 3.05) is 0 Å². The van der Waals surface area contributed by atoms with E-state index in [-0.39, 0.29) is 0 Å². The fourth-order valence-corrected chi connectivity index (χ4v) is 1.56. The summed E-state index contributed by atoms with van der Waals surface area (Å²) in [4.78, 5) is 0. The highest BCUT2D eigenvalue weighted by molar-refractivity contribution is 5.66. The van der Waals surface area contributed by atoms with Crippen LogP contribution >= 0.6 is 0 Å². The van der Waals surface area contributed by atoms with Crippen molar-refractivity contribution in [3.8, 4) is 0 Å². The number of fused-ring (bicyclic) bond motifs is 1. The fourth-order valence-electron chi connectivity index (χ4n) is 1.56. The van der Waals surface area contributed by atoms with Crippen LogP contribution in [0.5, 0.6) is 0 Å². The van der Waals surface area contributed by atoms with Crippen LogP contribution in [0.25, 0.3) is 5.83 Å². The number of hydrogen-bond donors (Lipinski definition) is 1. The molecule has 1 atom stereocenters. The lowest BCUT2D eigenvalue weighted by Crippen LogP contribution is -2.24. The standard InChI is InChI=1S/C10H6F4O/c11-5-3-6-9(8(13)4-5)7(12)1-2-10(6,14)15/h1,3-4,15H,2H2. The van der Waals surface area contributed by atoms with Crippen LogP contribution in [-0.4, -0.2) is 5.11 Å². The number of hydrogen-bond acceptors (Lipinski definition) is 1. The molecular weight excluding hydrogens is 212 g/mol. The van der Waals surface area contributed by atoms with Crippen molar-refractivity contribution >= 4 is 5.83 Å². The van der Waals surface area contributed by atoms with Crippen LogP contribution in [0, 0.1) is 11.6 Å². The van der Waals surface area contributed by atoms with Crippen LogP contribution < -0.4 is 0 Å². The minimum absolute atomic E-state index is 0.438. The van der Waals surface area contributed by atoms with Crippen molar-refractivity contribution in [2.24, 2.45) is 0 Å². The van der Waals surface area contributed by atoms with Gasteiger partial charge in [-0.05, 0) is 12.1 Å². The van der Waals surface area contributed by atoms with Gasteiger partial charge < -0.3 is 5.11 Å². The molecule has 1 nitrogen and oxygen atoms in total. The molecule has 0 spiro atoms. The zero-order valence-corrected chi connectivity index (χ0v) is 7.40. The molecule has 2 rings (SSSR count). The summed E-state index contributed by atoms with van der Waals surface area (Å²) < 4.78 is 52.4. The Morgan fingerprint density at radius 2 is 1.87 bits per heavy atom. The van der Waals surface area contributed by atoms with Gasteiger partial charge in [0.25, 0.3) is 0 Å². The monoisotopic (exact) mass is 218 g/mol. The van der Waals surface area contributed by atoms with E-state index in [9.17, 15) is 22.7 Å². The topological polar surface area (TPSA) is 20.2 Å². The van der Waals surface area contributed by atoms with E-state index in [0.717, 1.165) is 6.08 Å². The largest absolute Gasteiger partial charge is 0.358 e. The summed E-state index contributed by atoms with van der Waals surface area (Å²) in [5, 5.41) is 9.18. The van der Waals surface area contributed by atoms with Gasteiger partial charge in [-0.25, -0.2) is 17.6 Å². The second kappa shape index (κ2) is 3.06. The van der Waals surface area contributed by atoms with Crippen molar-refractivity contribution < 1.29 is 22.7 Å². The first kappa shape index (κ1) is 10.2. The van der Waals surface area contributed by atoms with E-state index in [2.05, 4.69) is 0 Å². The van der Waals surface area contributed by atoms with E-state index in [1.807, 2.05) is 0 Å². The molecule has 1 N–H and O–H groups in total. The highest BCUT2D eigenvalue weighted by atomic mass is 19.2. The van der Waals surface area contributed by atoms with Crippen LogP contribution in [0.1, 0.15) is 17.5 Å². The summed E-state index contributed by atoms with van der Waals surface area (Å²) in [6.45, 7) is 0. The molecule has 0 radical (unpaired) electrons. The van der Waals surface area contributed by atoms with Gasteiger partial charge in [0.2, 0.25) is 5.85 Å². The molecule has 0 aromatic heterocycles. The third-order valence-corrected chi connectivity index (χ3v) is 2.26. The van der Waals surface area contributed by atoms with Crippen LogP contribution in [0.15, 0.2) is 18.2 Å². The first-order valence-corrected chi connectivity index (χ1v) is 4.18. The van der Waals surface area contributed by atoms with Crippen LogP contribution in [0.3, 0.4) is 0 Å². The molecule has 1 aliphatic rings. The van der Waals surface area contributed by atoms with Crippen molar-refractivity contribution in [3.05, 3.63) is 41.0 Å². The van der Waals surface area contributed by atoms with Gasteiger partial charge in [0.1, 0.15) is 17.5 Å². The summed E-state index contributed by atoms with van der Waals surface area (Å²) in [5.41, 5.74) is -1.42. The van der Waals surface area contributed by atoms with Gasteiger partial charge in [-0.15, -0.1) is 0 Å². The van der Waals surface area contributed by atoms with Gasteiger partial charge in [-0.1, -0.05) is 0 Å². The Balaban J connectivity index is 2.75. The van der Waals surface area contributed by atoms with Gasteiger partial charge in [-0.2, -0.15) is 0 Å². The molecule has 0 saturated heterocycles. The number of halogens is 4. The second-order valence-corrected chi connectivity index (χ2v) is 3.33. The number of benzene rings is 1. The third-order valence-electron chi connectivity index (χ3n) is 2.26. The average molecular weight is 218 g/mol. The van der Waals surface area contributed by atoms with Gasteiger partial charge >= 0.3 is 0 Å². The Hall–Kier alpha value is -1.36. The molecule has 1 unspecified atom stereocenters. The lowest BCUT2D eigenvalue weighted by Gasteiger charge is -2.24.